The molecule has 1 aliphatic rings. The number of fused-ring (bicyclic) bond motifs is 1. The number of likely N-dealkylation sites (tertiary alicyclic amines) is 1. The zero-order chi connectivity index (χ0) is 26.3. The van der Waals surface area contributed by atoms with E-state index in [9.17, 15) is 17.6 Å². The van der Waals surface area contributed by atoms with Crippen molar-refractivity contribution in [2.24, 2.45) is 0 Å². The highest BCUT2D eigenvalue weighted by Gasteiger charge is 2.28. The van der Waals surface area contributed by atoms with Crippen LogP contribution in [0, 0.1) is 5.82 Å². The summed E-state index contributed by atoms with van der Waals surface area (Å²) in [4.78, 5) is 23.1. The normalized spacial score (nSPS) is 15.0. The smallest absolute Gasteiger partial charge is 0.276 e. The Labute approximate surface area is 217 Å². The topological polar surface area (TPSA) is 115 Å². The molecule has 1 amide bonds. The first-order chi connectivity index (χ1) is 17.6. The third-order valence-electron chi connectivity index (χ3n) is 6.30. The first-order valence-electron chi connectivity index (χ1n) is 11.8. The maximum atomic E-state index is 14.8. The number of nitrogens with zero attached hydrogens (tertiary/aromatic N) is 4. The Morgan fingerprint density at radius 2 is 1.95 bits per heavy atom. The highest BCUT2D eigenvalue weighted by Crippen LogP contribution is 2.38. The summed E-state index contributed by atoms with van der Waals surface area (Å²) in [6.45, 7) is 4.97. The molecule has 1 aromatic carbocycles. The summed E-state index contributed by atoms with van der Waals surface area (Å²) < 4.78 is 50.5. The van der Waals surface area contributed by atoms with Gasteiger partial charge >= 0.3 is 0 Å². The fourth-order valence-electron chi connectivity index (χ4n) is 4.21. The van der Waals surface area contributed by atoms with Crippen LogP contribution in [-0.4, -0.2) is 59.8 Å². The van der Waals surface area contributed by atoms with Crippen molar-refractivity contribution in [2.75, 3.05) is 19.3 Å². The largest absolute Gasteiger partial charge is 0.473 e. The lowest BCUT2D eigenvalue weighted by atomic mass is 10.1. The average molecular weight is 545 g/mol. The number of carbonyl (C=O) groups excluding carboxylic acids is 1. The Balaban J connectivity index is 1.30. The lowest BCUT2D eigenvalue weighted by molar-refractivity contribution is 0.0581. The van der Waals surface area contributed by atoms with Gasteiger partial charge in [-0.05, 0) is 12.1 Å². The molecule has 0 saturated carbocycles. The van der Waals surface area contributed by atoms with E-state index in [-0.39, 0.29) is 28.4 Å². The van der Waals surface area contributed by atoms with Gasteiger partial charge in [0.15, 0.2) is 15.5 Å². The van der Waals surface area contributed by atoms with Crippen molar-refractivity contribution in [2.45, 2.75) is 43.6 Å². The molecule has 0 bridgehead atoms. The molecule has 1 fully saturated rings. The molecular weight excluding hydrogens is 519 g/mol. The molecule has 4 heterocycles. The van der Waals surface area contributed by atoms with Crippen LogP contribution in [0.2, 0.25) is 0 Å². The number of halogens is 1. The second-order valence-corrected chi connectivity index (χ2v) is 12.2. The standard InChI is InChI=1S/C25H25FN4O5S2/c1-14(2)21-11-20(29-35-21)25(31)30-8-6-15(7-9-30)34-24-23-22(27-13-28-24)18(12-36-23)17-5-4-16(10-19(17)26)37(3,32)33/h4-5,10-15H,6-9H2,1-3H3. The van der Waals surface area contributed by atoms with E-state index in [1.807, 2.05) is 13.8 Å². The van der Waals surface area contributed by atoms with E-state index in [0.717, 1.165) is 12.3 Å². The summed E-state index contributed by atoms with van der Waals surface area (Å²) in [7, 11) is -3.52. The van der Waals surface area contributed by atoms with Gasteiger partial charge in [-0.1, -0.05) is 25.1 Å². The number of rotatable bonds is 6. The van der Waals surface area contributed by atoms with Crippen molar-refractivity contribution < 1.29 is 26.9 Å². The summed E-state index contributed by atoms with van der Waals surface area (Å²) in [5.41, 5.74) is 1.63. The highest BCUT2D eigenvalue weighted by molar-refractivity contribution is 7.90. The quantitative estimate of drug-likeness (QED) is 0.343. The molecule has 0 atom stereocenters. The molecule has 0 unspecified atom stereocenters. The first kappa shape index (κ1) is 25.3. The maximum Gasteiger partial charge on any atom is 0.276 e. The minimum absolute atomic E-state index is 0.0827. The molecule has 37 heavy (non-hydrogen) atoms. The molecule has 0 radical (unpaired) electrons. The van der Waals surface area contributed by atoms with E-state index < -0.39 is 15.7 Å². The third kappa shape index (κ3) is 5.08. The highest BCUT2D eigenvalue weighted by atomic mass is 32.2. The van der Waals surface area contributed by atoms with Crippen molar-refractivity contribution in [1.29, 1.82) is 0 Å². The second kappa shape index (κ2) is 9.82. The van der Waals surface area contributed by atoms with E-state index in [0.29, 0.717) is 59.0 Å². The number of carbonyl (C=O) groups is 1. The Bertz CT molecular complexity index is 1570. The van der Waals surface area contributed by atoms with E-state index >= 15 is 0 Å². The van der Waals surface area contributed by atoms with Gasteiger partial charge in [0.2, 0.25) is 5.88 Å². The van der Waals surface area contributed by atoms with Crippen LogP contribution in [0.1, 0.15) is 48.9 Å². The Morgan fingerprint density at radius 1 is 1.19 bits per heavy atom. The monoisotopic (exact) mass is 544 g/mol. The Kier molecular flexibility index (Phi) is 6.71. The zero-order valence-electron chi connectivity index (χ0n) is 20.5. The van der Waals surface area contributed by atoms with Gasteiger partial charge in [-0.3, -0.25) is 4.79 Å². The molecule has 4 aromatic rings. The molecule has 5 rings (SSSR count). The van der Waals surface area contributed by atoms with Gasteiger partial charge in [0.1, 0.15) is 28.7 Å². The van der Waals surface area contributed by atoms with Gasteiger partial charge in [-0.25, -0.2) is 22.8 Å². The number of aromatic nitrogens is 3. The number of benzene rings is 1. The van der Waals surface area contributed by atoms with Crippen molar-refractivity contribution in [1.82, 2.24) is 20.0 Å². The van der Waals surface area contributed by atoms with Crippen LogP contribution in [0.3, 0.4) is 0 Å². The summed E-state index contributed by atoms with van der Waals surface area (Å²) in [5.74, 6) is 0.422. The summed E-state index contributed by atoms with van der Waals surface area (Å²) in [6, 6.07) is 5.54. The fourth-order valence-corrected chi connectivity index (χ4v) is 5.79. The fraction of sp³-hybridized carbons (Fsp3) is 0.360. The van der Waals surface area contributed by atoms with Gasteiger partial charge in [-0.15, -0.1) is 11.3 Å². The minimum Gasteiger partial charge on any atom is -0.473 e. The molecule has 194 valence electrons. The van der Waals surface area contributed by atoms with Crippen molar-refractivity contribution >= 4 is 37.3 Å². The maximum absolute atomic E-state index is 14.8. The number of piperidine rings is 1. The van der Waals surface area contributed by atoms with Crippen LogP contribution in [0.15, 0.2) is 45.4 Å². The van der Waals surface area contributed by atoms with Gasteiger partial charge < -0.3 is 14.2 Å². The van der Waals surface area contributed by atoms with Crippen LogP contribution < -0.4 is 4.74 Å². The molecule has 1 saturated heterocycles. The molecule has 0 N–H and O–H groups in total. The van der Waals surface area contributed by atoms with E-state index in [1.54, 1.807) is 16.3 Å². The molecule has 12 heteroatoms. The van der Waals surface area contributed by atoms with Gasteiger partial charge in [0, 0.05) is 60.7 Å². The van der Waals surface area contributed by atoms with E-state index in [1.165, 1.54) is 29.8 Å². The number of thiophene rings is 1. The summed E-state index contributed by atoms with van der Waals surface area (Å²) >= 11 is 1.33. The lowest BCUT2D eigenvalue weighted by Crippen LogP contribution is -2.42. The number of hydrogen-bond acceptors (Lipinski definition) is 9. The molecular formula is C25H25FN4O5S2. The predicted molar refractivity (Wildman–Crippen MR) is 136 cm³/mol. The van der Waals surface area contributed by atoms with Crippen LogP contribution in [0.25, 0.3) is 21.3 Å². The van der Waals surface area contributed by atoms with Crippen molar-refractivity contribution in [3.8, 4) is 17.0 Å². The van der Waals surface area contributed by atoms with Crippen molar-refractivity contribution in [3.05, 3.63) is 53.2 Å². The molecule has 9 nitrogen and oxygen atoms in total. The minimum atomic E-state index is -3.52. The second-order valence-electron chi connectivity index (χ2n) is 9.30. The molecule has 1 aliphatic heterocycles. The zero-order valence-corrected chi connectivity index (χ0v) is 22.1. The molecule has 0 spiro atoms. The summed E-state index contributed by atoms with van der Waals surface area (Å²) in [5, 5.41) is 5.67. The number of ether oxygens (including phenoxy) is 1. The number of amides is 1. The van der Waals surface area contributed by atoms with E-state index in [2.05, 4.69) is 15.1 Å². The van der Waals surface area contributed by atoms with Crippen molar-refractivity contribution in [3.63, 3.8) is 0 Å². The van der Waals surface area contributed by atoms with Crippen LogP contribution in [-0.2, 0) is 9.84 Å². The van der Waals surface area contributed by atoms with Crippen LogP contribution in [0.4, 0.5) is 4.39 Å². The first-order valence-corrected chi connectivity index (χ1v) is 14.5. The average Bonchev–Trinajstić information content (AvgIpc) is 3.52. The number of hydrogen-bond donors (Lipinski definition) is 0. The van der Waals surface area contributed by atoms with Gasteiger partial charge in [0.05, 0.1) is 10.4 Å². The lowest BCUT2D eigenvalue weighted by Gasteiger charge is -2.31. The predicted octanol–water partition coefficient (Wildman–Crippen LogP) is 4.70. The summed E-state index contributed by atoms with van der Waals surface area (Å²) in [6.07, 6.45) is 3.49. The Morgan fingerprint density at radius 3 is 2.59 bits per heavy atom. The number of sulfone groups is 1. The van der Waals surface area contributed by atoms with Gasteiger partial charge in [-0.2, -0.15) is 0 Å². The third-order valence-corrected chi connectivity index (χ3v) is 8.37. The van der Waals surface area contributed by atoms with E-state index in [4.69, 9.17) is 9.26 Å². The Hall–Kier alpha value is -3.38. The van der Waals surface area contributed by atoms with Gasteiger partial charge in [0.25, 0.3) is 5.91 Å². The molecule has 3 aromatic heterocycles. The van der Waals surface area contributed by atoms with Crippen LogP contribution >= 0.6 is 11.3 Å². The molecule has 0 aliphatic carbocycles. The SMILES string of the molecule is CC(C)c1cc(C(=O)N2CCC(Oc3ncnc4c(-c5ccc(S(C)(=O)=O)cc5F)csc34)CC2)no1. The van der Waals surface area contributed by atoms with Crippen LogP contribution in [0.5, 0.6) is 5.88 Å².